The lowest BCUT2D eigenvalue weighted by molar-refractivity contribution is 0.0957. The summed E-state index contributed by atoms with van der Waals surface area (Å²) < 4.78 is 5.14. The number of hydrogen-bond donors (Lipinski definition) is 2. The normalized spacial score (nSPS) is 11.7. The minimum atomic E-state index is -0.0662. The minimum absolute atomic E-state index is 0. The number of nitrogens with one attached hydrogen (secondary N) is 2. The molecule has 0 bridgehead atoms. The highest BCUT2D eigenvalue weighted by molar-refractivity contribution is 7.12. The number of carbonyl (C=O) groups excluding carboxylic acids is 1. The molecule has 6 nitrogen and oxygen atoms in total. The van der Waals surface area contributed by atoms with E-state index in [2.05, 4.69) is 27.7 Å². The van der Waals surface area contributed by atoms with Gasteiger partial charge < -0.3 is 15.2 Å². The second-order valence-corrected chi connectivity index (χ2v) is 5.43. The van der Waals surface area contributed by atoms with E-state index in [0.29, 0.717) is 35.6 Å². The van der Waals surface area contributed by atoms with Gasteiger partial charge in [-0.2, -0.15) is 4.98 Å². The zero-order valence-corrected chi connectivity index (χ0v) is 13.6. The van der Waals surface area contributed by atoms with E-state index in [9.17, 15) is 4.79 Å². The monoisotopic (exact) mass is 330 g/mol. The van der Waals surface area contributed by atoms with Gasteiger partial charge in [0.2, 0.25) is 5.89 Å². The molecule has 2 aromatic heterocycles. The standard InChI is InChI=1S/C13H18N4O2S.ClH/c1-9(14-2)8-11-16-12(19-17-11)5-6-15-13(18)10-4-3-7-20-10;/h3-4,7,9,14H,5-6,8H2,1-2H3,(H,15,18);1H. The van der Waals surface area contributed by atoms with Crippen LogP contribution in [-0.2, 0) is 12.8 Å². The predicted octanol–water partition coefficient (Wildman–Crippen LogP) is 1.68. The van der Waals surface area contributed by atoms with Crippen molar-refractivity contribution in [1.82, 2.24) is 20.8 Å². The lowest BCUT2D eigenvalue weighted by Crippen LogP contribution is -2.25. The molecule has 0 aliphatic heterocycles. The molecule has 0 fully saturated rings. The van der Waals surface area contributed by atoms with Crippen molar-refractivity contribution in [3.8, 4) is 0 Å². The van der Waals surface area contributed by atoms with Crippen molar-refractivity contribution < 1.29 is 9.32 Å². The van der Waals surface area contributed by atoms with Crippen molar-refractivity contribution in [3.63, 3.8) is 0 Å². The molecule has 0 saturated heterocycles. The lowest BCUT2D eigenvalue weighted by Gasteiger charge is -2.04. The van der Waals surface area contributed by atoms with Crippen LogP contribution in [0.2, 0.25) is 0 Å². The molecular weight excluding hydrogens is 312 g/mol. The third-order valence-electron chi connectivity index (χ3n) is 2.86. The van der Waals surface area contributed by atoms with Crippen LogP contribution in [-0.4, -0.2) is 35.7 Å². The fourth-order valence-corrected chi connectivity index (χ4v) is 2.27. The summed E-state index contributed by atoms with van der Waals surface area (Å²) in [5.74, 6) is 1.17. The van der Waals surface area contributed by atoms with E-state index in [4.69, 9.17) is 4.52 Å². The molecule has 2 rings (SSSR count). The first-order valence-corrected chi connectivity index (χ1v) is 7.37. The van der Waals surface area contributed by atoms with Crippen molar-refractivity contribution in [2.75, 3.05) is 13.6 Å². The molecule has 0 aliphatic rings. The Labute approximate surface area is 133 Å². The fraction of sp³-hybridized carbons (Fsp3) is 0.462. The average molecular weight is 331 g/mol. The summed E-state index contributed by atoms with van der Waals surface area (Å²) in [5.41, 5.74) is 0. The average Bonchev–Trinajstić information content (AvgIpc) is 3.10. The van der Waals surface area contributed by atoms with E-state index in [1.165, 1.54) is 11.3 Å². The molecule has 0 aromatic carbocycles. The van der Waals surface area contributed by atoms with Crippen molar-refractivity contribution >= 4 is 29.7 Å². The Morgan fingerprint density at radius 2 is 2.33 bits per heavy atom. The summed E-state index contributed by atoms with van der Waals surface area (Å²) in [5, 5.41) is 11.7. The maximum absolute atomic E-state index is 11.7. The van der Waals surface area contributed by atoms with Gasteiger partial charge in [0, 0.05) is 25.4 Å². The Bertz CT molecular complexity index is 544. The van der Waals surface area contributed by atoms with Gasteiger partial charge in [0.05, 0.1) is 4.88 Å². The van der Waals surface area contributed by atoms with Crippen LogP contribution in [0.4, 0.5) is 0 Å². The summed E-state index contributed by atoms with van der Waals surface area (Å²) in [6, 6.07) is 3.95. The molecule has 2 heterocycles. The van der Waals surface area contributed by atoms with Crippen LogP contribution in [0.3, 0.4) is 0 Å². The second kappa shape index (κ2) is 8.76. The number of aromatic nitrogens is 2. The number of likely N-dealkylation sites (N-methyl/N-ethyl adjacent to an activating group) is 1. The van der Waals surface area contributed by atoms with Gasteiger partial charge in [-0.25, -0.2) is 0 Å². The van der Waals surface area contributed by atoms with E-state index < -0.39 is 0 Å². The van der Waals surface area contributed by atoms with Gasteiger partial charge in [0.25, 0.3) is 5.91 Å². The van der Waals surface area contributed by atoms with Crippen LogP contribution in [0, 0.1) is 0 Å². The summed E-state index contributed by atoms with van der Waals surface area (Å²) in [7, 11) is 1.89. The minimum Gasteiger partial charge on any atom is -0.351 e. The van der Waals surface area contributed by atoms with Crippen LogP contribution < -0.4 is 10.6 Å². The zero-order chi connectivity index (χ0) is 14.4. The molecule has 0 radical (unpaired) electrons. The van der Waals surface area contributed by atoms with Gasteiger partial charge in [0.1, 0.15) is 0 Å². The third-order valence-corrected chi connectivity index (χ3v) is 3.73. The van der Waals surface area contributed by atoms with Crippen LogP contribution in [0.1, 0.15) is 28.3 Å². The first kappa shape index (κ1) is 17.6. The Balaban J connectivity index is 0.00000220. The van der Waals surface area contributed by atoms with Gasteiger partial charge in [-0.3, -0.25) is 4.79 Å². The molecule has 2 aromatic rings. The van der Waals surface area contributed by atoms with Crippen molar-refractivity contribution in [2.24, 2.45) is 0 Å². The van der Waals surface area contributed by atoms with Gasteiger partial charge in [-0.15, -0.1) is 23.7 Å². The molecule has 21 heavy (non-hydrogen) atoms. The van der Waals surface area contributed by atoms with E-state index in [1.807, 2.05) is 18.5 Å². The molecule has 1 amide bonds. The fourth-order valence-electron chi connectivity index (χ4n) is 1.63. The molecule has 1 atom stereocenters. The number of rotatable bonds is 7. The van der Waals surface area contributed by atoms with E-state index in [1.54, 1.807) is 6.07 Å². The SMILES string of the molecule is CNC(C)Cc1noc(CCNC(=O)c2cccs2)n1.Cl. The Morgan fingerprint density at radius 1 is 1.52 bits per heavy atom. The van der Waals surface area contributed by atoms with Gasteiger partial charge in [0.15, 0.2) is 5.82 Å². The van der Waals surface area contributed by atoms with Gasteiger partial charge >= 0.3 is 0 Å². The summed E-state index contributed by atoms with van der Waals surface area (Å²) in [4.78, 5) is 16.7. The van der Waals surface area contributed by atoms with Crippen LogP contribution in [0.15, 0.2) is 22.0 Å². The highest BCUT2D eigenvalue weighted by Crippen LogP contribution is 2.07. The van der Waals surface area contributed by atoms with Crippen molar-refractivity contribution in [3.05, 3.63) is 34.1 Å². The first-order chi connectivity index (χ1) is 9.69. The molecule has 8 heteroatoms. The summed E-state index contributed by atoms with van der Waals surface area (Å²) in [6.45, 7) is 2.54. The predicted molar refractivity (Wildman–Crippen MR) is 84.1 cm³/mol. The molecule has 0 aliphatic carbocycles. The highest BCUT2D eigenvalue weighted by Gasteiger charge is 2.10. The molecule has 0 saturated carbocycles. The van der Waals surface area contributed by atoms with Crippen LogP contribution in [0.5, 0.6) is 0 Å². The van der Waals surface area contributed by atoms with Crippen LogP contribution in [0.25, 0.3) is 0 Å². The maximum atomic E-state index is 11.7. The van der Waals surface area contributed by atoms with Crippen molar-refractivity contribution in [1.29, 1.82) is 0 Å². The number of carbonyl (C=O) groups is 1. The number of amides is 1. The van der Waals surface area contributed by atoms with E-state index in [0.717, 1.165) is 6.42 Å². The molecule has 116 valence electrons. The van der Waals surface area contributed by atoms with E-state index >= 15 is 0 Å². The van der Waals surface area contributed by atoms with Crippen LogP contribution >= 0.6 is 23.7 Å². The maximum Gasteiger partial charge on any atom is 0.261 e. The number of thiophene rings is 1. The molecule has 1 unspecified atom stereocenters. The molecule has 2 N–H and O–H groups in total. The highest BCUT2D eigenvalue weighted by atomic mass is 35.5. The largest absolute Gasteiger partial charge is 0.351 e. The Morgan fingerprint density at radius 3 is 3.00 bits per heavy atom. The van der Waals surface area contributed by atoms with Gasteiger partial charge in [-0.05, 0) is 25.4 Å². The van der Waals surface area contributed by atoms with Gasteiger partial charge in [-0.1, -0.05) is 11.2 Å². The summed E-state index contributed by atoms with van der Waals surface area (Å²) in [6.07, 6.45) is 1.26. The molecule has 0 spiro atoms. The Kier molecular flexibility index (Phi) is 7.35. The van der Waals surface area contributed by atoms with Crippen molar-refractivity contribution in [2.45, 2.75) is 25.8 Å². The molecular formula is C13H19ClN4O2S. The van der Waals surface area contributed by atoms with E-state index in [-0.39, 0.29) is 18.3 Å². The third kappa shape index (κ3) is 5.45. The number of halogens is 1. The Hall–Kier alpha value is -1.44. The smallest absolute Gasteiger partial charge is 0.261 e. The number of hydrogen-bond acceptors (Lipinski definition) is 6. The first-order valence-electron chi connectivity index (χ1n) is 6.49. The second-order valence-electron chi connectivity index (χ2n) is 4.48. The zero-order valence-electron chi connectivity index (χ0n) is 12.0. The summed E-state index contributed by atoms with van der Waals surface area (Å²) >= 11 is 1.42. The quantitative estimate of drug-likeness (QED) is 0.807. The number of nitrogens with zero attached hydrogens (tertiary/aromatic N) is 2. The lowest BCUT2D eigenvalue weighted by atomic mass is 10.2. The topological polar surface area (TPSA) is 80.0 Å².